The van der Waals surface area contributed by atoms with E-state index in [9.17, 15) is 17.6 Å². The third kappa shape index (κ3) is 3.41. The fourth-order valence-electron chi connectivity index (χ4n) is 2.30. The van der Waals surface area contributed by atoms with Crippen LogP contribution in [0.5, 0.6) is 0 Å². The molecule has 0 atom stereocenters. The summed E-state index contributed by atoms with van der Waals surface area (Å²) < 4.78 is 52.6. The molecule has 0 saturated carbocycles. The summed E-state index contributed by atoms with van der Waals surface area (Å²) in [5, 5.41) is 0. The molecule has 0 aliphatic carbocycles. The quantitative estimate of drug-likeness (QED) is 0.429. The SMILES string of the molecule is NNc1nc(C(F)(F)F)nc(-c2ccncc2)c1-c1ccc(F)cc1. The Kier molecular flexibility index (Phi) is 4.32. The van der Waals surface area contributed by atoms with E-state index < -0.39 is 17.8 Å². The molecule has 0 fully saturated rings. The lowest BCUT2D eigenvalue weighted by Crippen LogP contribution is -2.17. The average Bonchev–Trinajstić information content (AvgIpc) is 2.61. The van der Waals surface area contributed by atoms with E-state index in [-0.39, 0.29) is 17.1 Å². The smallest absolute Gasteiger partial charge is 0.308 e. The maximum Gasteiger partial charge on any atom is 0.451 e. The highest BCUT2D eigenvalue weighted by molar-refractivity contribution is 5.88. The molecule has 0 amide bonds. The Morgan fingerprint density at radius 3 is 2.08 bits per heavy atom. The second-order valence-corrected chi connectivity index (χ2v) is 5.00. The topological polar surface area (TPSA) is 76.7 Å². The predicted molar refractivity (Wildman–Crippen MR) is 83.5 cm³/mol. The zero-order valence-electron chi connectivity index (χ0n) is 12.5. The molecule has 128 valence electrons. The van der Waals surface area contributed by atoms with E-state index in [4.69, 9.17) is 5.84 Å². The van der Waals surface area contributed by atoms with Gasteiger partial charge in [-0.2, -0.15) is 13.2 Å². The van der Waals surface area contributed by atoms with Gasteiger partial charge in [-0.1, -0.05) is 12.1 Å². The lowest BCUT2D eigenvalue weighted by molar-refractivity contribution is -0.144. The lowest BCUT2D eigenvalue weighted by Gasteiger charge is -2.16. The number of pyridine rings is 1. The number of nitrogen functional groups attached to an aromatic ring is 1. The molecule has 0 saturated heterocycles. The van der Waals surface area contributed by atoms with E-state index in [0.29, 0.717) is 11.1 Å². The third-order valence-electron chi connectivity index (χ3n) is 3.39. The van der Waals surface area contributed by atoms with E-state index in [1.807, 2.05) is 0 Å². The predicted octanol–water partition coefficient (Wildman–Crippen LogP) is 3.65. The minimum atomic E-state index is -4.76. The number of nitrogens with zero attached hydrogens (tertiary/aromatic N) is 3. The summed E-state index contributed by atoms with van der Waals surface area (Å²) in [7, 11) is 0. The zero-order chi connectivity index (χ0) is 18.0. The van der Waals surface area contributed by atoms with Gasteiger partial charge in [0.2, 0.25) is 5.82 Å². The zero-order valence-corrected chi connectivity index (χ0v) is 12.5. The van der Waals surface area contributed by atoms with Crippen molar-refractivity contribution in [3.63, 3.8) is 0 Å². The molecule has 5 nitrogen and oxygen atoms in total. The van der Waals surface area contributed by atoms with E-state index in [2.05, 4.69) is 20.4 Å². The van der Waals surface area contributed by atoms with Crippen LogP contribution in [-0.2, 0) is 6.18 Å². The molecule has 25 heavy (non-hydrogen) atoms. The Balaban J connectivity index is 2.33. The first-order chi connectivity index (χ1) is 11.9. The summed E-state index contributed by atoms with van der Waals surface area (Å²) in [5.74, 6) is 3.34. The van der Waals surface area contributed by atoms with Crippen LogP contribution >= 0.6 is 0 Å². The first kappa shape index (κ1) is 16.8. The number of hydrazine groups is 1. The molecule has 0 aliphatic heterocycles. The van der Waals surface area contributed by atoms with Crippen LogP contribution in [0, 0.1) is 5.82 Å². The van der Waals surface area contributed by atoms with Crippen LogP contribution < -0.4 is 11.3 Å². The van der Waals surface area contributed by atoms with E-state index in [0.717, 1.165) is 0 Å². The van der Waals surface area contributed by atoms with Crippen molar-refractivity contribution >= 4 is 5.82 Å². The van der Waals surface area contributed by atoms with E-state index >= 15 is 0 Å². The molecule has 2 heterocycles. The molecule has 0 bridgehead atoms. The Hall–Kier alpha value is -3.07. The van der Waals surface area contributed by atoms with Gasteiger partial charge in [0.1, 0.15) is 5.82 Å². The maximum atomic E-state index is 13.2. The van der Waals surface area contributed by atoms with Crippen molar-refractivity contribution < 1.29 is 17.6 Å². The van der Waals surface area contributed by atoms with Gasteiger partial charge in [0.05, 0.1) is 11.3 Å². The number of anilines is 1. The maximum absolute atomic E-state index is 13.2. The molecule has 3 rings (SSSR count). The summed E-state index contributed by atoms with van der Waals surface area (Å²) in [5.41, 5.74) is 3.20. The van der Waals surface area contributed by atoms with Crippen molar-refractivity contribution in [2.45, 2.75) is 6.18 Å². The summed E-state index contributed by atoms with van der Waals surface area (Å²) in [6, 6.07) is 8.21. The molecular formula is C16H11F4N5. The van der Waals surface area contributed by atoms with Gasteiger partial charge in [0.25, 0.3) is 0 Å². The van der Waals surface area contributed by atoms with Crippen molar-refractivity contribution in [3.05, 3.63) is 60.4 Å². The minimum absolute atomic E-state index is 0.00397. The molecule has 3 N–H and O–H groups in total. The second-order valence-electron chi connectivity index (χ2n) is 5.00. The van der Waals surface area contributed by atoms with Crippen LogP contribution in [-0.4, -0.2) is 15.0 Å². The highest BCUT2D eigenvalue weighted by atomic mass is 19.4. The molecule has 3 aromatic rings. The largest absolute Gasteiger partial charge is 0.451 e. The monoisotopic (exact) mass is 349 g/mol. The standard InChI is InChI=1S/C16H11F4N5/c17-11-3-1-9(2-4-11)12-13(10-5-7-22-8-6-10)23-15(16(18,19)20)24-14(12)25-21/h1-8H,21H2,(H,23,24,25). The summed E-state index contributed by atoms with van der Waals surface area (Å²) in [4.78, 5) is 11.0. The van der Waals surface area contributed by atoms with Crippen LogP contribution in [0.1, 0.15) is 5.82 Å². The molecule has 0 aliphatic rings. The van der Waals surface area contributed by atoms with Gasteiger partial charge in [-0.15, -0.1) is 0 Å². The Bertz CT molecular complexity index is 880. The Morgan fingerprint density at radius 2 is 1.52 bits per heavy atom. The first-order valence-electron chi connectivity index (χ1n) is 7.02. The fourth-order valence-corrected chi connectivity index (χ4v) is 2.30. The van der Waals surface area contributed by atoms with Crippen molar-refractivity contribution in [2.75, 3.05) is 5.43 Å². The highest BCUT2D eigenvalue weighted by Crippen LogP contribution is 2.38. The van der Waals surface area contributed by atoms with Crippen LogP contribution in [0.25, 0.3) is 22.4 Å². The first-order valence-corrected chi connectivity index (χ1v) is 7.02. The van der Waals surface area contributed by atoms with Crippen molar-refractivity contribution in [1.82, 2.24) is 15.0 Å². The fraction of sp³-hybridized carbons (Fsp3) is 0.0625. The van der Waals surface area contributed by atoms with Crippen molar-refractivity contribution in [2.24, 2.45) is 5.84 Å². The lowest BCUT2D eigenvalue weighted by atomic mass is 10.00. The van der Waals surface area contributed by atoms with Gasteiger partial charge >= 0.3 is 6.18 Å². The number of hydrogen-bond donors (Lipinski definition) is 2. The van der Waals surface area contributed by atoms with Crippen LogP contribution in [0.4, 0.5) is 23.4 Å². The molecule has 0 unspecified atom stereocenters. The Labute approximate surface area is 139 Å². The third-order valence-corrected chi connectivity index (χ3v) is 3.39. The molecule has 1 aromatic carbocycles. The number of benzene rings is 1. The number of nitrogens with one attached hydrogen (secondary N) is 1. The van der Waals surface area contributed by atoms with Gasteiger partial charge in [-0.05, 0) is 29.8 Å². The molecule has 2 aromatic heterocycles. The Morgan fingerprint density at radius 1 is 0.880 bits per heavy atom. The summed E-state index contributed by atoms with van der Waals surface area (Å²) >= 11 is 0. The van der Waals surface area contributed by atoms with Gasteiger partial charge in [-0.3, -0.25) is 4.98 Å². The number of aromatic nitrogens is 3. The van der Waals surface area contributed by atoms with Crippen LogP contribution in [0.15, 0.2) is 48.8 Å². The summed E-state index contributed by atoms with van der Waals surface area (Å²) in [6.07, 6.45) is -1.90. The summed E-state index contributed by atoms with van der Waals surface area (Å²) in [6.45, 7) is 0. The van der Waals surface area contributed by atoms with Gasteiger partial charge in [-0.25, -0.2) is 20.2 Å². The molecule has 0 radical (unpaired) electrons. The number of nitrogens with two attached hydrogens (primary N) is 1. The normalized spacial score (nSPS) is 11.4. The number of hydrogen-bond acceptors (Lipinski definition) is 5. The number of halogens is 4. The highest BCUT2D eigenvalue weighted by Gasteiger charge is 2.36. The van der Waals surface area contributed by atoms with Crippen LogP contribution in [0.2, 0.25) is 0 Å². The second kappa shape index (κ2) is 6.44. The number of rotatable bonds is 3. The molecular weight excluding hydrogens is 338 g/mol. The van der Waals surface area contributed by atoms with Gasteiger partial charge in [0, 0.05) is 18.0 Å². The van der Waals surface area contributed by atoms with Crippen LogP contribution in [0.3, 0.4) is 0 Å². The van der Waals surface area contributed by atoms with Gasteiger partial charge < -0.3 is 5.43 Å². The molecule has 9 heteroatoms. The molecule has 0 spiro atoms. The van der Waals surface area contributed by atoms with Crippen molar-refractivity contribution in [3.8, 4) is 22.4 Å². The van der Waals surface area contributed by atoms with Crippen molar-refractivity contribution in [1.29, 1.82) is 0 Å². The minimum Gasteiger partial charge on any atom is -0.308 e. The van der Waals surface area contributed by atoms with E-state index in [1.54, 1.807) is 0 Å². The van der Waals surface area contributed by atoms with E-state index in [1.165, 1.54) is 48.8 Å². The number of alkyl halides is 3. The van der Waals surface area contributed by atoms with Gasteiger partial charge in [0.15, 0.2) is 5.82 Å². The average molecular weight is 349 g/mol.